The topological polar surface area (TPSA) is 83.9 Å². The molecule has 3 aromatic carbocycles. The number of alkyl halides is 6. The predicted octanol–water partition coefficient (Wildman–Crippen LogP) is 7.62. The maximum Gasteiger partial charge on any atom is 0.417 e. The number of halogens is 7. The van der Waals surface area contributed by atoms with Gasteiger partial charge in [-0.05, 0) is 48.0 Å². The van der Waals surface area contributed by atoms with E-state index in [1.165, 1.54) is 36.4 Å². The van der Waals surface area contributed by atoms with Crippen molar-refractivity contribution in [3.8, 4) is 5.75 Å². The molecule has 1 heterocycles. The van der Waals surface area contributed by atoms with Crippen molar-refractivity contribution < 1.29 is 49.4 Å². The Morgan fingerprint density at radius 2 is 1.66 bits per heavy atom. The van der Waals surface area contributed by atoms with Crippen LogP contribution in [0.4, 0.5) is 32.0 Å². The quantitative estimate of drug-likeness (QED) is 0.234. The number of anilines is 1. The monoisotopic (exact) mass is 621 g/mol. The molecule has 0 saturated heterocycles. The van der Waals surface area contributed by atoms with Gasteiger partial charge in [-0.2, -0.15) is 26.3 Å². The Morgan fingerprint density at radius 3 is 2.27 bits per heavy atom. The number of carboxylic acids is 1. The van der Waals surface area contributed by atoms with E-state index in [0.29, 0.717) is 11.6 Å². The fourth-order valence-corrected chi connectivity index (χ4v) is 5.39. The number of carboxylic acid groups (broad SMARTS) is 1. The summed E-state index contributed by atoms with van der Waals surface area (Å²) in [5, 5.41) is 7.59. The molecule has 14 heteroatoms. The third-order valence-electron chi connectivity index (χ3n) is 5.66. The molecule has 0 atom stereocenters. The van der Waals surface area contributed by atoms with E-state index in [0.717, 1.165) is 34.6 Å². The molecule has 6 nitrogen and oxygen atoms in total. The number of fused-ring (bicyclic) bond motifs is 1. The molecule has 0 unspecified atom stereocenters. The summed E-state index contributed by atoms with van der Waals surface area (Å²) < 4.78 is 112. The van der Waals surface area contributed by atoms with E-state index in [4.69, 9.17) is 21.4 Å². The van der Waals surface area contributed by atoms with Crippen LogP contribution in [0.1, 0.15) is 35.6 Å². The summed E-state index contributed by atoms with van der Waals surface area (Å²) in [5.41, 5.74) is -1.98. The first-order valence-corrected chi connectivity index (χ1v) is 13.6. The fraction of sp³-hybridized carbons (Fsp3) is 0.222. The van der Waals surface area contributed by atoms with Crippen molar-refractivity contribution in [1.82, 2.24) is 0 Å². The van der Waals surface area contributed by atoms with Crippen LogP contribution in [0.3, 0.4) is 0 Å². The number of sulfonamides is 1. The van der Waals surface area contributed by atoms with E-state index in [2.05, 4.69) is 0 Å². The number of hydrogen-bond acceptors (Lipinski definition) is 4. The molecule has 0 fully saturated rings. The number of carbonyl (C=O) groups is 1. The highest BCUT2D eigenvalue weighted by Crippen LogP contribution is 2.39. The average Bonchev–Trinajstić information content (AvgIpc) is 2.91. The lowest BCUT2D eigenvalue weighted by Crippen LogP contribution is -2.38. The summed E-state index contributed by atoms with van der Waals surface area (Å²) in [4.78, 5) is 8.81. The maximum atomic E-state index is 13.4. The molecule has 0 radical (unpaired) electrons. The van der Waals surface area contributed by atoms with E-state index in [9.17, 15) is 39.6 Å². The van der Waals surface area contributed by atoms with Crippen molar-refractivity contribution in [3.05, 3.63) is 87.9 Å². The zero-order valence-corrected chi connectivity index (χ0v) is 22.7. The van der Waals surface area contributed by atoms with Crippen LogP contribution in [0.5, 0.6) is 5.75 Å². The van der Waals surface area contributed by atoms with Gasteiger partial charge in [0.2, 0.25) is 0 Å². The fourth-order valence-electron chi connectivity index (χ4n) is 3.66. The highest BCUT2D eigenvalue weighted by atomic mass is 35.5. The number of nitrogens with zero attached hydrogens (tertiary/aromatic N) is 1. The Balaban J connectivity index is 0.000000850. The second kappa shape index (κ2) is 12.4. The summed E-state index contributed by atoms with van der Waals surface area (Å²) in [5.74, 6) is -0.590. The van der Waals surface area contributed by atoms with Crippen molar-refractivity contribution in [1.29, 1.82) is 0 Å². The minimum Gasteiger partial charge on any atom is -0.489 e. The molecule has 0 spiro atoms. The SMILES string of the molecule is CCC(=O)O.O=S(=O)(c1cccc(C(F)(F)F)c1)N1CCOc2ccc(/C=C/c3c(Cl)cccc3C(F)(F)F)cc21. The Bertz CT molecular complexity index is 1550. The summed E-state index contributed by atoms with van der Waals surface area (Å²) in [6.45, 7) is 1.37. The first-order valence-electron chi connectivity index (χ1n) is 11.8. The largest absolute Gasteiger partial charge is 0.489 e. The standard InChI is InChI=1S/C24H16ClF6NO3S.C3H6O2/c25-20-6-2-5-19(24(29,30)31)18(20)9-7-15-8-10-22-21(13-15)32(11-12-35-22)36(33,34)17-4-1-3-16(14-17)23(26,27)28;1-2-3(4)5/h1-10,13-14H,11-12H2;2H2,1H3,(H,4,5)/b9-7+;. The summed E-state index contributed by atoms with van der Waals surface area (Å²) in [6, 6.07) is 11.0. The average molecular weight is 622 g/mol. The van der Waals surface area contributed by atoms with Crippen LogP contribution in [-0.4, -0.2) is 32.6 Å². The van der Waals surface area contributed by atoms with Crippen molar-refractivity contribution in [3.63, 3.8) is 0 Å². The normalized spacial score (nSPS) is 13.7. The zero-order valence-electron chi connectivity index (χ0n) is 21.1. The Labute approximate surface area is 236 Å². The third-order valence-corrected chi connectivity index (χ3v) is 7.79. The highest BCUT2D eigenvalue weighted by molar-refractivity contribution is 7.92. The molecule has 4 rings (SSSR count). The van der Waals surface area contributed by atoms with Gasteiger partial charge in [-0.15, -0.1) is 0 Å². The van der Waals surface area contributed by atoms with Crippen molar-refractivity contribution in [2.75, 3.05) is 17.5 Å². The van der Waals surface area contributed by atoms with Gasteiger partial charge in [0, 0.05) is 17.0 Å². The van der Waals surface area contributed by atoms with Crippen LogP contribution in [0.25, 0.3) is 12.2 Å². The molecule has 3 aromatic rings. The minimum absolute atomic E-state index is 0.0380. The van der Waals surface area contributed by atoms with Gasteiger partial charge >= 0.3 is 18.3 Å². The van der Waals surface area contributed by atoms with Gasteiger partial charge in [-0.1, -0.05) is 48.9 Å². The Hall–Kier alpha value is -3.71. The number of benzene rings is 3. The smallest absolute Gasteiger partial charge is 0.417 e. The Morgan fingerprint density at radius 1 is 1.00 bits per heavy atom. The molecule has 220 valence electrons. The van der Waals surface area contributed by atoms with Gasteiger partial charge in [0.25, 0.3) is 10.0 Å². The van der Waals surface area contributed by atoms with Crippen LogP contribution < -0.4 is 9.04 Å². The molecule has 1 aliphatic heterocycles. The molecular formula is C27H22ClF6NO5S. The van der Waals surface area contributed by atoms with Crippen LogP contribution in [0, 0.1) is 0 Å². The Kier molecular flexibility index (Phi) is 9.65. The van der Waals surface area contributed by atoms with Crippen LogP contribution >= 0.6 is 11.6 Å². The van der Waals surface area contributed by atoms with Crippen molar-refractivity contribution in [2.24, 2.45) is 0 Å². The highest BCUT2D eigenvalue weighted by Gasteiger charge is 2.35. The third kappa shape index (κ3) is 7.73. The number of ether oxygens (including phenoxy) is 1. The second-order valence-corrected chi connectivity index (χ2v) is 10.7. The predicted molar refractivity (Wildman–Crippen MR) is 141 cm³/mol. The van der Waals surface area contributed by atoms with Gasteiger partial charge in [0.15, 0.2) is 0 Å². The van der Waals surface area contributed by atoms with E-state index in [-0.39, 0.29) is 41.6 Å². The van der Waals surface area contributed by atoms with Gasteiger partial charge in [-0.25, -0.2) is 8.42 Å². The van der Waals surface area contributed by atoms with Crippen LogP contribution in [0.15, 0.2) is 65.6 Å². The van der Waals surface area contributed by atoms with Gasteiger partial charge < -0.3 is 9.84 Å². The summed E-state index contributed by atoms with van der Waals surface area (Å²) in [6.07, 6.45) is -6.69. The lowest BCUT2D eigenvalue weighted by atomic mass is 10.0. The molecule has 1 N–H and O–H groups in total. The van der Waals surface area contributed by atoms with E-state index < -0.39 is 44.4 Å². The molecule has 0 amide bonds. The maximum absolute atomic E-state index is 13.4. The van der Waals surface area contributed by atoms with E-state index in [1.807, 2.05) is 0 Å². The molecule has 0 bridgehead atoms. The molecule has 1 aliphatic rings. The zero-order chi connectivity index (χ0) is 30.6. The molecule has 0 aromatic heterocycles. The lowest BCUT2D eigenvalue weighted by molar-refractivity contribution is -0.138. The summed E-state index contributed by atoms with van der Waals surface area (Å²) in [7, 11) is -4.42. The van der Waals surface area contributed by atoms with Crippen molar-refractivity contribution >= 4 is 45.4 Å². The molecular weight excluding hydrogens is 600 g/mol. The van der Waals surface area contributed by atoms with Gasteiger partial charge in [0.1, 0.15) is 12.4 Å². The first-order chi connectivity index (χ1) is 19.1. The molecule has 41 heavy (non-hydrogen) atoms. The number of hydrogen-bond donors (Lipinski definition) is 1. The van der Waals surface area contributed by atoms with E-state index >= 15 is 0 Å². The van der Waals surface area contributed by atoms with Crippen molar-refractivity contribution in [2.45, 2.75) is 30.6 Å². The van der Waals surface area contributed by atoms with Crippen LogP contribution in [0.2, 0.25) is 5.02 Å². The molecule has 0 aliphatic carbocycles. The lowest BCUT2D eigenvalue weighted by Gasteiger charge is -2.31. The number of rotatable bonds is 5. The van der Waals surface area contributed by atoms with Crippen LogP contribution in [-0.2, 0) is 27.2 Å². The minimum atomic E-state index is -4.74. The van der Waals surface area contributed by atoms with Gasteiger partial charge in [-0.3, -0.25) is 9.10 Å². The summed E-state index contributed by atoms with van der Waals surface area (Å²) >= 11 is 5.97. The number of aliphatic carboxylic acids is 1. The first kappa shape index (κ1) is 31.8. The second-order valence-electron chi connectivity index (χ2n) is 8.46. The molecule has 0 saturated carbocycles. The van der Waals surface area contributed by atoms with Gasteiger partial charge in [0.05, 0.1) is 28.3 Å². The van der Waals surface area contributed by atoms with E-state index in [1.54, 1.807) is 6.92 Å².